The van der Waals surface area contributed by atoms with Gasteiger partial charge < -0.3 is 0 Å². The van der Waals surface area contributed by atoms with E-state index in [1.165, 1.54) is 0 Å². The highest BCUT2D eigenvalue weighted by Crippen LogP contribution is 2.35. The smallest absolute Gasteiger partial charge is 0.243 e. The van der Waals surface area contributed by atoms with E-state index in [0.29, 0.717) is 17.3 Å². The van der Waals surface area contributed by atoms with Crippen LogP contribution in [-0.4, -0.2) is 33.9 Å². The van der Waals surface area contributed by atoms with Crippen LogP contribution in [0.2, 0.25) is 0 Å². The molecule has 0 N–H and O–H groups in total. The van der Waals surface area contributed by atoms with Crippen molar-refractivity contribution in [3.63, 3.8) is 0 Å². The van der Waals surface area contributed by atoms with Gasteiger partial charge in [0.2, 0.25) is 10.0 Å². The second-order valence-corrected chi connectivity index (χ2v) is 7.96. The predicted octanol–water partition coefficient (Wildman–Crippen LogP) is 2.56. The first kappa shape index (κ1) is 15.3. The Morgan fingerprint density at radius 3 is 2.67 bits per heavy atom. The van der Waals surface area contributed by atoms with Gasteiger partial charge in [-0.1, -0.05) is 23.8 Å². The van der Waals surface area contributed by atoms with E-state index in [9.17, 15) is 8.42 Å². The fourth-order valence-corrected chi connectivity index (χ4v) is 4.87. The lowest BCUT2D eigenvalue weighted by Gasteiger charge is -2.23. The Morgan fingerprint density at radius 1 is 1.08 bits per heavy atom. The van der Waals surface area contributed by atoms with Gasteiger partial charge >= 0.3 is 0 Å². The molecule has 1 fully saturated rings. The average molecular weight is 342 g/mol. The zero-order valence-corrected chi connectivity index (χ0v) is 14.1. The third-order valence-corrected chi connectivity index (χ3v) is 6.39. The molecular formula is C17H18N4O2S. The van der Waals surface area contributed by atoms with Crippen LogP contribution in [0.15, 0.2) is 53.6 Å². The summed E-state index contributed by atoms with van der Waals surface area (Å²) in [5.74, 6) is 0.679. The van der Waals surface area contributed by atoms with Gasteiger partial charge in [0, 0.05) is 12.7 Å². The Kier molecular flexibility index (Phi) is 3.62. The van der Waals surface area contributed by atoms with Gasteiger partial charge in [-0.2, -0.15) is 4.31 Å². The number of aryl methyl sites for hydroxylation is 1. The number of sulfonamides is 1. The predicted molar refractivity (Wildman–Crippen MR) is 90.0 cm³/mol. The fourth-order valence-electron chi connectivity index (χ4n) is 3.22. The van der Waals surface area contributed by atoms with E-state index in [2.05, 4.69) is 10.2 Å². The van der Waals surface area contributed by atoms with Crippen LogP contribution in [0.3, 0.4) is 0 Å². The molecule has 0 radical (unpaired) electrons. The summed E-state index contributed by atoms with van der Waals surface area (Å²) in [5, 5.41) is 8.41. The average Bonchev–Trinajstić information content (AvgIpc) is 3.22. The molecule has 3 heterocycles. The highest BCUT2D eigenvalue weighted by atomic mass is 32.2. The van der Waals surface area contributed by atoms with Gasteiger partial charge in [-0.15, -0.1) is 10.2 Å². The van der Waals surface area contributed by atoms with E-state index >= 15 is 0 Å². The lowest BCUT2D eigenvalue weighted by molar-refractivity contribution is 0.381. The summed E-state index contributed by atoms with van der Waals surface area (Å²) in [6, 6.07) is 12.4. The van der Waals surface area contributed by atoms with Crippen LogP contribution in [-0.2, 0) is 10.0 Å². The Morgan fingerprint density at radius 2 is 1.88 bits per heavy atom. The molecule has 3 aromatic rings. The Hall–Kier alpha value is -2.25. The van der Waals surface area contributed by atoms with Crippen molar-refractivity contribution in [3.8, 4) is 0 Å². The number of pyridine rings is 1. The zero-order chi connectivity index (χ0) is 16.7. The topological polar surface area (TPSA) is 67.6 Å². The number of fused-ring (bicyclic) bond motifs is 1. The molecule has 24 heavy (non-hydrogen) atoms. The van der Waals surface area contributed by atoms with Crippen molar-refractivity contribution in [1.29, 1.82) is 0 Å². The Bertz CT molecular complexity index is 979. The quantitative estimate of drug-likeness (QED) is 0.734. The maximum atomic E-state index is 13.1. The van der Waals surface area contributed by atoms with Crippen LogP contribution in [0.1, 0.15) is 30.3 Å². The van der Waals surface area contributed by atoms with Gasteiger partial charge in [-0.25, -0.2) is 8.42 Å². The van der Waals surface area contributed by atoms with Gasteiger partial charge in [-0.3, -0.25) is 4.40 Å². The summed E-state index contributed by atoms with van der Waals surface area (Å²) < 4.78 is 29.5. The molecule has 0 aliphatic carbocycles. The summed E-state index contributed by atoms with van der Waals surface area (Å²) in [5.41, 5.74) is 1.77. The normalized spacial score (nSPS) is 19.1. The molecule has 1 aromatic carbocycles. The summed E-state index contributed by atoms with van der Waals surface area (Å²) >= 11 is 0. The number of hydrogen-bond donors (Lipinski definition) is 0. The van der Waals surface area contributed by atoms with Crippen molar-refractivity contribution in [2.75, 3.05) is 6.54 Å². The second-order valence-electron chi connectivity index (χ2n) is 6.07. The van der Waals surface area contributed by atoms with Crippen LogP contribution < -0.4 is 0 Å². The molecule has 124 valence electrons. The minimum atomic E-state index is -3.55. The molecule has 4 rings (SSSR count). The number of benzene rings is 1. The molecule has 1 saturated heterocycles. The number of aromatic nitrogens is 3. The third-order valence-electron chi connectivity index (χ3n) is 4.47. The monoisotopic (exact) mass is 342 g/mol. The van der Waals surface area contributed by atoms with Gasteiger partial charge in [-0.05, 0) is 44.0 Å². The van der Waals surface area contributed by atoms with E-state index in [0.717, 1.165) is 24.1 Å². The molecule has 0 spiro atoms. The first-order valence-electron chi connectivity index (χ1n) is 7.95. The Balaban J connectivity index is 1.76. The molecule has 0 amide bonds. The SMILES string of the molecule is Cc1ccc(S(=O)(=O)N2CCCC2c2nnc3ccccn23)cc1. The zero-order valence-electron chi connectivity index (χ0n) is 13.3. The van der Waals surface area contributed by atoms with Crippen LogP contribution >= 0.6 is 0 Å². The number of rotatable bonds is 3. The van der Waals surface area contributed by atoms with Gasteiger partial charge in [0.1, 0.15) is 0 Å². The van der Waals surface area contributed by atoms with Crippen LogP contribution in [0.4, 0.5) is 0 Å². The maximum Gasteiger partial charge on any atom is 0.243 e. The molecule has 1 aliphatic heterocycles. The molecule has 1 aliphatic rings. The van der Waals surface area contributed by atoms with Crippen molar-refractivity contribution in [1.82, 2.24) is 18.9 Å². The van der Waals surface area contributed by atoms with E-state index in [1.54, 1.807) is 16.4 Å². The number of hydrogen-bond acceptors (Lipinski definition) is 4. The minimum absolute atomic E-state index is 0.284. The van der Waals surface area contributed by atoms with Crippen LogP contribution in [0.25, 0.3) is 5.65 Å². The van der Waals surface area contributed by atoms with Crippen molar-refractivity contribution in [3.05, 3.63) is 60.0 Å². The van der Waals surface area contributed by atoms with Gasteiger partial charge in [0.15, 0.2) is 11.5 Å². The van der Waals surface area contributed by atoms with Gasteiger partial charge in [0.05, 0.1) is 10.9 Å². The summed E-state index contributed by atoms with van der Waals surface area (Å²) in [6.45, 7) is 2.44. The van der Waals surface area contributed by atoms with E-state index < -0.39 is 10.0 Å². The lowest BCUT2D eigenvalue weighted by Crippen LogP contribution is -2.31. The maximum absolute atomic E-state index is 13.1. The summed E-state index contributed by atoms with van der Waals surface area (Å²) in [7, 11) is -3.55. The number of nitrogens with zero attached hydrogens (tertiary/aromatic N) is 4. The lowest BCUT2D eigenvalue weighted by atomic mass is 10.2. The summed E-state index contributed by atoms with van der Waals surface area (Å²) in [4.78, 5) is 0.328. The van der Waals surface area contributed by atoms with Crippen molar-refractivity contribution >= 4 is 15.7 Å². The van der Waals surface area contributed by atoms with Crippen molar-refractivity contribution in [2.24, 2.45) is 0 Å². The first-order chi connectivity index (χ1) is 11.6. The first-order valence-corrected chi connectivity index (χ1v) is 9.39. The van der Waals surface area contributed by atoms with Crippen molar-refractivity contribution in [2.45, 2.75) is 30.7 Å². The highest BCUT2D eigenvalue weighted by Gasteiger charge is 2.38. The third kappa shape index (κ3) is 2.40. The standard InChI is InChI=1S/C17H18N4O2S/c1-13-7-9-14(10-8-13)24(22,23)21-12-4-5-15(21)17-19-18-16-6-2-3-11-20(16)17/h2-3,6-11,15H,4-5,12H2,1H3. The van der Waals surface area contributed by atoms with Gasteiger partial charge in [0.25, 0.3) is 0 Å². The second kappa shape index (κ2) is 5.68. The molecular weight excluding hydrogens is 324 g/mol. The molecule has 6 nitrogen and oxygen atoms in total. The van der Waals surface area contributed by atoms with E-state index in [4.69, 9.17) is 0 Å². The molecule has 1 unspecified atom stereocenters. The fraction of sp³-hybridized carbons (Fsp3) is 0.294. The largest absolute Gasteiger partial charge is 0.285 e. The minimum Gasteiger partial charge on any atom is -0.285 e. The molecule has 7 heteroatoms. The molecule has 1 atom stereocenters. The molecule has 0 bridgehead atoms. The molecule has 2 aromatic heterocycles. The summed E-state index contributed by atoms with van der Waals surface area (Å²) in [6.07, 6.45) is 3.44. The van der Waals surface area contributed by atoms with E-state index in [-0.39, 0.29) is 6.04 Å². The van der Waals surface area contributed by atoms with Crippen molar-refractivity contribution < 1.29 is 8.42 Å². The molecule has 0 saturated carbocycles. The van der Waals surface area contributed by atoms with Crippen LogP contribution in [0.5, 0.6) is 0 Å². The highest BCUT2D eigenvalue weighted by molar-refractivity contribution is 7.89. The Labute approximate surface area is 140 Å². The van der Waals surface area contributed by atoms with E-state index in [1.807, 2.05) is 47.9 Å². The van der Waals surface area contributed by atoms with Crippen LogP contribution in [0, 0.1) is 6.92 Å².